The summed E-state index contributed by atoms with van der Waals surface area (Å²) in [5, 5.41) is 4.53. The van der Waals surface area contributed by atoms with Crippen LogP contribution in [0.5, 0.6) is 5.75 Å². The number of nitrogens with one attached hydrogen (secondary N) is 1. The molecule has 1 N–H and O–H groups in total. The molecule has 7 heteroatoms. The van der Waals surface area contributed by atoms with E-state index in [1.807, 2.05) is 24.3 Å². The number of fused-ring (bicyclic) bond motifs is 3. The van der Waals surface area contributed by atoms with Gasteiger partial charge in [-0.2, -0.15) is 0 Å². The van der Waals surface area contributed by atoms with Crippen molar-refractivity contribution in [3.63, 3.8) is 0 Å². The smallest absolute Gasteiger partial charge is 0.340 e. The molecule has 0 aliphatic rings. The Morgan fingerprint density at radius 2 is 1.93 bits per heavy atom. The van der Waals surface area contributed by atoms with E-state index in [1.165, 1.54) is 13.3 Å². The minimum atomic E-state index is -0.622. The number of benzene rings is 2. The van der Waals surface area contributed by atoms with Gasteiger partial charge in [-0.25, -0.2) is 4.79 Å². The Morgan fingerprint density at radius 3 is 2.71 bits per heavy atom. The van der Waals surface area contributed by atoms with Crippen LogP contribution in [0.2, 0.25) is 0 Å². The van der Waals surface area contributed by atoms with Crippen LogP contribution < -0.4 is 10.1 Å². The molecule has 0 bridgehead atoms. The van der Waals surface area contributed by atoms with Crippen LogP contribution in [-0.4, -0.2) is 30.6 Å². The normalized spacial score (nSPS) is 10.8. The highest BCUT2D eigenvalue weighted by molar-refractivity contribution is 6.08. The van der Waals surface area contributed by atoms with Crippen LogP contribution in [-0.2, 0) is 9.53 Å². The highest BCUT2D eigenvalue weighted by atomic mass is 16.5. The van der Waals surface area contributed by atoms with Crippen LogP contribution in [0.25, 0.3) is 21.9 Å². The van der Waals surface area contributed by atoms with Crippen molar-refractivity contribution in [1.29, 1.82) is 0 Å². The van der Waals surface area contributed by atoms with Gasteiger partial charge in [0.1, 0.15) is 16.9 Å². The van der Waals surface area contributed by atoms with Crippen molar-refractivity contribution >= 4 is 39.5 Å². The van der Waals surface area contributed by atoms with E-state index in [9.17, 15) is 9.59 Å². The van der Waals surface area contributed by atoms with Gasteiger partial charge >= 0.3 is 5.97 Å². The van der Waals surface area contributed by atoms with Crippen molar-refractivity contribution in [2.24, 2.45) is 0 Å². The van der Waals surface area contributed by atoms with Gasteiger partial charge in [-0.05, 0) is 24.3 Å². The third kappa shape index (κ3) is 3.37. The van der Waals surface area contributed by atoms with Gasteiger partial charge in [-0.15, -0.1) is 0 Å². The molecule has 0 radical (unpaired) electrons. The Bertz CT molecular complexity index is 1170. The standard InChI is InChI=1S/C21H16N2O5/c1-26-19-9-15-14-6-2-3-7-17(14)28-18(15)10-16(19)23-20(24)12-27-21(25)13-5-4-8-22-11-13/h2-11H,12H2,1H3,(H,23,24). The van der Waals surface area contributed by atoms with Gasteiger partial charge in [-0.1, -0.05) is 18.2 Å². The summed E-state index contributed by atoms with van der Waals surface area (Å²) >= 11 is 0. The number of amides is 1. The minimum Gasteiger partial charge on any atom is -0.495 e. The summed E-state index contributed by atoms with van der Waals surface area (Å²) < 4.78 is 16.2. The molecule has 0 atom stereocenters. The maximum atomic E-state index is 12.2. The third-order valence-electron chi connectivity index (χ3n) is 4.20. The van der Waals surface area contributed by atoms with E-state index in [1.54, 1.807) is 30.5 Å². The summed E-state index contributed by atoms with van der Waals surface area (Å²) in [4.78, 5) is 28.0. The number of furan rings is 1. The number of aromatic nitrogens is 1. The van der Waals surface area contributed by atoms with Gasteiger partial charge in [0.25, 0.3) is 5.91 Å². The number of esters is 1. The van der Waals surface area contributed by atoms with Crippen molar-refractivity contribution in [3.8, 4) is 5.75 Å². The van der Waals surface area contributed by atoms with Crippen LogP contribution in [0.1, 0.15) is 10.4 Å². The van der Waals surface area contributed by atoms with Crippen LogP contribution in [0.15, 0.2) is 65.3 Å². The second-order valence-corrected chi connectivity index (χ2v) is 6.01. The van der Waals surface area contributed by atoms with Gasteiger partial charge < -0.3 is 19.2 Å². The molecule has 4 rings (SSSR count). The number of hydrogen-bond acceptors (Lipinski definition) is 6. The van der Waals surface area contributed by atoms with E-state index < -0.39 is 18.5 Å². The van der Waals surface area contributed by atoms with Crippen molar-refractivity contribution in [2.75, 3.05) is 19.0 Å². The van der Waals surface area contributed by atoms with Gasteiger partial charge in [0, 0.05) is 29.2 Å². The number of methoxy groups -OCH3 is 1. The highest BCUT2D eigenvalue weighted by Crippen LogP contribution is 2.36. The lowest BCUT2D eigenvalue weighted by atomic mass is 10.1. The van der Waals surface area contributed by atoms with Crippen molar-refractivity contribution < 1.29 is 23.5 Å². The molecule has 0 unspecified atom stereocenters. The SMILES string of the molecule is COc1cc2c(cc1NC(=O)COC(=O)c1cccnc1)oc1ccccc12. The number of ether oxygens (including phenoxy) is 2. The van der Waals surface area contributed by atoms with Gasteiger partial charge in [0.2, 0.25) is 0 Å². The van der Waals surface area contributed by atoms with E-state index in [2.05, 4.69) is 10.3 Å². The number of carbonyl (C=O) groups excluding carboxylic acids is 2. The Kier molecular flexibility index (Phi) is 4.63. The second kappa shape index (κ2) is 7.40. The summed E-state index contributed by atoms with van der Waals surface area (Å²) in [7, 11) is 1.52. The lowest BCUT2D eigenvalue weighted by Crippen LogP contribution is -2.21. The molecule has 0 saturated carbocycles. The number of anilines is 1. The first-order valence-corrected chi connectivity index (χ1v) is 8.52. The largest absolute Gasteiger partial charge is 0.495 e. The molecule has 1 amide bonds. The van der Waals surface area contributed by atoms with Gasteiger partial charge in [-0.3, -0.25) is 9.78 Å². The Morgan fingerprint density at radius 1 is 1.07 bits per heavy atom. The third-order valence-corrected chi connectivity index (χ3v) is 4.20. The molecule has 2 aromatic carbocycles. The fourth-order valence-corrected chi connectivity index (χ4v) is 2.90. The summed E-state index contributed by atoms with van der Waals surface area (Å²) in [6, 6.07) is 14.3. The topological polar surface area (TPSA) is 90.7 Å². The molecule has 28 heavy (non-hydrogen) atoms. The second-order valence-electron chi connectivity index (χ2n) is 6.01. The van der Waals surface area contributed by atoms with Crippen LogP contribution in [0.4, 0.5) is 5.69 Å². The minimum absolute atomic E-state index is 0.275. The van der Waals surface area contributed by atoms with Gasteiger partial charge in [0.05, 0.1) is 18.4 Å². The summed E-state index contributed by atoms with van der Waals surface area (Å²) in [6.45, 7) is -0.435. The number of pyridine rings is 1. The Hall–Kier alpha value is -3.87. The number of carbonyl (C=O) groups is 2. The average molecular weight is 376 g/mol. The Labute approximate surface area is 159 Å². The summed E-state index contributed by atoms with van der Waals surface area (Å²) in [6.07, 6.45) is 2.92. The summed E-state index contributed by atoms with van der Waals surface area (Å²) in [5.74, 6) is -0.639. The lowest BCUT2D eigenvalue weighted by molar-refractivity contribution is -0.119. The summed E-state index contributed by atoms with van der Waals surface area (Å²) in [5.41, 5.74) is 2.06. The predicted octanol–water partition coefficient (Wildman–Crippen LogP) is 3.79. The average Bonchev–Trinajstić information content (AvgIpc) is 3.09. The van der Waals surface area contributed by atoms with Crippen LogP contribution in [0, 0.1) is 0 Å². The Balaban J connectivity index is 1.52. The molecule has 0 saturated heterocycles. The molecule has 0 aliphatic carbocycles. The van der Waals surface area contributed by atoms with Crippen molar-refractivity contribution in [2.45, 2.75) is 0 Å². The van der Waals surface area contributed by atoms with Crippen LogP contribution in [0.3, 0.4) is 0 Å². The molecule has 0 spiro atoms. The van der Waals surface area contributed by atoms with E-state index in [4.69, 9.17) is 13.9 Å². The molecule has 0 fully saturated rings. The van der Waals surface area contributed by atoms with Crippen molar-refractivity contribution in [3.05, 3.63) is 66.5 Å². The molecule has 7 nitrogen and oxygen atoms in total. The molecule has 140 valence electrons. The highest BCUT2D eigenvalue weighted by Gasteiger charge is 2.15. The molecular weight excluding hydrogens is 360 g/mol. The van der Waals surface area contributed by atoms with E-state index >= 15 is 0 Å². The monoisotopic (exact) mass is 376 g/mol. The molecule has 0 aliphatic heterocycles. The first-order chi connectivity index (χ1) is 13.7. The van der Waals surface area contributed by atoms with E-state index in [0.29, 0.717) is 17.0 Å². The van der Waals surface area contributed by atoms with Crippen LogP contribution >= 0.6 is 0 Å². The first-order valence-electron chi connectivity index (χ1n) is 8.52. The van der Waals surface area contributed by atoms with Gasteiger partial charge in [0.15, 0.2) is 6.61 Å². The van der Waals surface area contributed by atoms with E-state index in [-0.39, 0.29) is 5.56 Å². The predicted molar refractivity (Wildman–Crippen MR) is 103 cm³/mol. The zero-order chi connectivity index (χ0) is 19.5. The quantitative estimate of drug-likeness (QED) is 0.533. The molecule has 4 aromatic rings. The van der Waals surface area contributed by atoms with E-state index in [0.717, 1.165) is 16.4 Å². The maximum Gasteiger partial charge on any atom is 0.340 e. The number of hydrogen-bond donors (Lipinski definition) is 1. The zero-order valence-corrected chi connectivity index (χ0v) is 15.0. The lowest BCUT2D eigenvalue weighted by Gasteiger charge is -2.10. The fourth-order valence-electron chi connectivity index (χ4n) is 2.90. The number of para-hydroxylation sites is 1. The van der Waals surface area contributed by atoms with Crippen molar-refractivity contribution in [1.82, 2.24) is 4.98 Å². The maximum absolute atomic E-state index is 12.2. The zero-order valence-electron chi connectivity index (χ0n) is 15.0. The number of nitrogens with zero attached hydrogens (tertiary/aromatic N) is 1. The first kappa shape index (κ1) is 17.5. The molecule has 2 heterocycles. The number of rotatable bonds is 5. The molecular formula is C21H16N2O5. The fraction of sp³-hybridized carbons (Fsp3) is 0.0952. The molecule has 2 aromatic heterocycles.